The number of benzene rings is 1. The van der Waals surface area contributed by atoms with E-state index in [0.717, 1.165) is 57.8 Å². The molecule has 1 aliphatic rings. The first kappa shape index (κ1) is 24.5. The second-order valence-electron chi connectivity index (χ2n) is 8.57. The number of aliphatic hydroxyl groups excluding tert-OH is 1. The van der Waals surface area contributed by atoms with Gasteiger partial charge in [-0.2, -0.15) is 0 Å². The zero-order chi connectivity index (χ0) is 22.8. The summed E-state index contributed by atoms with van der Waals surface area (Å²) in [6, 6.07) is 10.2. The molecule has 1 saturated heterocycles. The molecule has 0 aliphatic carbocycles. The van der Waals surface area contributed by atoms with Crippen molar-refractivity contribution in [1.82, 2.24) is 19.7 Å². The van der Waals surface area contributed by atoms with E-state index in [2.05, 4.69) is 51.9 Å². The van der Waals surface area contributed by atoms with Gasteiger partial charge in [0.15, 0.2) is 11.5 Å². The molecule has 7 heteroatoms. The molecule has 2 aromatic rings. The lowest BCUT2D eigenvalue weighted by Gasteiger charge is -2.24. The molecule has 0 saturated carbocycles. The van der Waals surface area contributed by atoms with Crippen LogP contribution in [-0.4, -0.2) is 90.9 Å². The number of aromatic nitrogens is 1. The van der Waals surface area contributed by atoms with E-state index in [0.29, 0.717) is 18.0 Å². The highest BCUT2D eigenvalue weighted by atomic mass is 16.5. The van der Waals surface area contributed by atoms with Crippen LogP contribution in [0, 0.1) is 0 Å². The van der Waals surface area contributed by atoms with Crippen LogP contribution in [0.3, 0.4) is 0 Å². The van der Waals surface area contributed by atoms with Crippen molar-refractivity contribution in [3.63, 3.8) is 0 Å². The normalized spacial score (nSPS) is 16.7. The van der Waals surface area contributed by atoms with Crippen molar-refractivity contribution in [3.8, 4) is 11.5 Å². The highest BCUT2D eigenvalue weighted by Gasteiger charge is 2.17. The van der Waals surface area contributed by atoms with E-state index in [4.69, 9.17) is 9.47 Å². The lowest BCUT2D eigenvalue weighted by atomic mass is 10.1. The van der Waals surface area contributed by atoms with Gasteiger partial charge in [-0.15, -0.1) is 0 Å². The Bertz CT molecular complexity index is 805. The van der Waals surface area contributed by atoms with E-state index < -0.39 is 6.10 Å². The third-order valence-corrected chi connectivity index (χ3v) is 5.95. The van der Waals surface area contributed by atoms with E-state index >= 15 is 0 Å². The Morgan fingerprint density at radius 1 is 1.03 bits per heavy atom. The quantitative estimate of drug-likeness (QED) is 0.574. The maximum atomic E-state index is 10.6. The number of aliphatic hydroxyl groups is 1. The Labute approximate surface area is 192 Å². The molecule has 0 amide bonds. The number of hydrogen-bond donors (Lipinski definition) is 1. The van der Waals surface area contributed by atoms with Gasteiger partial charge in [0.1, 0.15) is 12.7 Å². The predicted octanol–water partition coefficient (Wildman–Crippen LogP) is 2.49. The number of nitrogens with zero attached hydrogens (tertiary/aromatic N) is 4. The summed E-state index contributed by atoms with van der Waals surface area (Å²) in [4.78, 5) is 11.1. The van der Waals surface area contributed by atoms with Crippen molar-refractivity contribution in [2.24, 2.45) is 0 Å². The largest absolute Gasteiger partial charge is 0.493 e. The molecule has 3 rings (SSSR count). The maximum Gasteiger partial charge on any atom is 0.161 e. The zero-order valence-electron chi connectivity index (χ0n) is 19.7. The van der Waals surface area contributed by atoms with Crippen LogP contribution in [-0.2, 0) is 13.1 Å². The van der Waals surface area contributed by atoms with Crippen LogP contribution in [0.25, 0.3) is 0 Å². The molecule has 1 aromatic carbocycles. The van der Waals surface area contributed by atoms with Crippen molar-refractivity contribution >= 4 is 0 Å². The number of pyridine rings is 1. The molecule has 2 heterocycles. The minimum atomic E-state index is -0.536. The maximum absolute atomic E-state index is 10.6. The van der Waals surface area contributed by atoms with Crippen LogP contribution < -0.4 is 9.47 Å². The molecular weight excluding hydrogens is 404 g/mol. The summed E-state index contributed by atoms with van der Waals surface area (Å²) >= 11 is 0. The van der Waals surface area contributed by atoms with Crippen molar-refractivity contribution in [1.29, 1.82) is 0 Å². The van der Waals surface area contributed by atoms with Crippen LogP contribution in [0.4, 0.5) is 0 Å². The van der Waals surface area contributed by atoms with Crippen molar-refractivity contribution in [2.75, 3.05) is 60.0 Å². The highest BCUT2D eigenvalue weighted by Crippen LogP contribution is 2.29. The molecule has 1 atom stereocenters. The lowest BCUT2D eigenvalue weighted by molar-refractivity contribution is 0.0685. The van der Waals surface area contributed by atoms with Gasteiger partial charge in [-0.1, -0.05) is 13.0 Å². The van der Waals surface area contributed by atoms with Gasteiger partial charge in [0.2, 0.25) is 0 Å². The lowest BCUT2D eigenvalue weighted by Crippen LogP contribution is -2.37. The van der Waals surface area contributed by atoms with E-state index in [1.165, 1.54) is 5.56 Å². The van der Waals surface area contributed by atoms with Crippen LogP contribution in [0.15, 0.2) is 42.7 Å². The summed E-state index contributed by atoms with van der Waals surface area (Å²) in [7, 11) is 3.80. The summed E-state index contributed by atoms with van der Waals surface area (Å²) in [5, 5.41) is 10.6. The SMILES string of the molecule is CCN(Cc1ccncc1)Cc1ccc(OC)c(OC[C@@H](O)CN2CCCN(C)CC2)c1. The second kappa shape index (κ2) is 12.7. The molecule has 1 aromatic heterocycles. The number of hydrogen-bond acceptors (Lipinski definition) is 7. The Balaban J connectivity index is 1.56. The average Bonchev–Trinajstić information content (AvgIpc) is 3.01. The van der Waals surface area contributed by atoms with Gasteiger partial charge in [0, 0.05) is 45.1 Å². The molecule has 0 spiro atoms. The van der Waals surface area contributed by atoms with Gasteiger partial charge in [-0.3, -0.25) is 14.8 Å². The minimum absolute atomic E-state index is 0.251. The van der Waals surface area contributed by atoms with Gasteiger partial charge in [0.25, 0.3) is 0 Å². The van der Waals surface area contributed by atoms with Gasteiger partial charge >= 0.3 is 0 Å². The van der Waals surface area contributed by atoms with Crippen LogP contribution in [0.5, 0.6) is 11.5 Å². The fourth-order valence-electron chi connectivity index (χ4n) is 4.04. The number of β-amino-alcohol motifs (C(OH)–C–C–N with tert-alkyl or cyclic N) is 1. The van der Waals surface area contributed by atoms with Crippen LogP contribution in [0.2, 0.25) is 0 Å². The Morgan fingerprint density at radius 3 is 2.56 bits per heavy atom. The number of likely N-dealkylation sites (N-methyl/N-ethyl adjacent to an activating group) is 1. The third-order valence-electron chi connectivity index (χ3n) is 5.95. The number of rotatable bonds is 11. The molecule has 0 radical (unpaired) electrons. The van der Waals surface area contributed by atoms with E-state index in [-0.39, 0.29) is 6.61 Å². The molecule has 1 fully saturated rings. The molecular formula is C25H38N4O3. The molecule has 1 aliphatic heterocycles. The summed E-state index contributed by atoms with van der Waals surface area (Å²) in [5.41, 5.74) is 2.40. The third kappa shape index (κ3) is 7.74. The van der Waals surface area contributed by atoms with Crippen molar-refractivity contribution in [2.45, 2.75) is 32.5 Å². The van der Waals surface area contributed by atoms with E-state index in [1.807, 2.05) is 24.5 Å². The molecule has 1 N–H and O–H groups in total. The first-order valence-electron chi connectivity index (χ1n) is 11.6. The summed E-state index contributed by atoms with van der Waals surface area (Å²) in [6.45, 7) is 9.81. The average molecular weight is 443 g/mol. The Hall–Kier alpha value is -2.19. The molecule has 32 heavy (non-hydrogen) atoms. The summed E-state index contributed by atoms with van der Waals surface area (Å²) < 4.78 is 11.5. The molecule has 176 valence electrons. The van der Waals surface area contributed by atoms with Gasteiger partial charge in [-0.05, 0) is 68.5 Å². The predicted molar refractivity (Wildman–Crippen MR) is 127 cm³/mol. The fourth-order valence-corrected chi connectivity index (χ4v) is 4.04. The fraction of sp³-hybridized carbons (Fsp3) is 0.560. The monoisotopic (exact) mass is 442 g/mol. The van der Waals surface area contributed by atoms with E-state index in [1.54, 1.807) is 7.11 Å². The Morgan fingerprint density at radius 2 is 1.81 bits per heavy atom. The zero-order valence-corrected chi connectivity index (χ0v) is 19.7. The minimum Gasteiger partial charge on any atom is -0.493 e. The smallest absolute Gasteiger partial charge is 0.161 e. The molecule has 0 bridgehead atoms. The standard InChI is InChI=1S/C25H38N4O3/c1-4-28(17-21-8-10-26-11-9-21)18-22-6-7-24(31-3)25(16-22)32-20-23(30)19-29-13-5-12-27(2)14-15-29/h6-11,16,23,30H,4-5,12-15,17-20H2,1-3H3/t23-/m0/s1. The van der Waals surface area contributed by atoms with Gasteiger partial charge in [0.05, 0.1) is 7.11 Å². The van der Waals surface area contributed by atoms with Crippen molar-refractivity contribution < 1.29 is 14.6 Å². The van der Waals surface area contributed by atoms with Gasteiger partial charge in [-0.25, -0.2) is 0 Å². The number of ether oxygens (including phenoxy) is 2. The first-order chi connectivity index (χ1) is 15.6. The van der Waals surface area contributed by atoms with E-state index in [9.17, 15) is 5.11 Å². The molecule has 0 unspecified atom stereocenters. The molecule has 7 nitrogen and oxygen atoms in total. The Kier molecular flexibility index (Phi) is 9.74. The second-order valence-corrected chi connectivity index (χ2v) is 8.57. The topological polar surface area (TPSA) is 61.3 Å². The highest BCUT2D eigenvalue weighted by molar-refractivity contribution is 5.43. The van der Waals surface area contributed by atoms with Crippen LogP contribution >= 0.6 is 0 Å². The summed E-state index contributed by atoms with van der Waals surface area (Å²) in [6.07, 6.45) is 4.26. The first-order valence-corrected chi connectivity index (χ1v) is 11.6. The van der Waals surface area contributed by atoms with Crippen molar-refractivity contribution in [3.05, 3.63) is 53.9 Å². The summed E-state index contributed by atoms with van der Waals surface area (Å²) in [5.74, 6) is 1.37. The van der Waals surface area contributed by atoms with Crippen LogP contribution in [0.1, 0.15) is 24.5 Å². The number of methoxy groups -OCH3 is 1. The van der Waals surface area contributed by atoms with Gasteiger partial charge < -0.3 is 19.5 Å².